The Kier molecular flexibility index (Phi) is 5.47. The van der Waals surface area contributed by atoms with E-state index in [0.29, 0.717) is 11.3 Å². The van der Waals surface area contributed by atoms with Gasteiger partial charge in [0, 0.05) is 17.5 Å². The van der Waals surface area contributed by atoms with E-state index in [4.69, 9.17) is 0 Å². The Morgan fingerprint density at radius 3 is 2.27 bits per heavy atom. The Morgan fingerprint density at radius 1 is 1.36 bits per heavy atom. The van der Waals surface area contributed by atoms with Crippen LogP contribution in [0.1, 0.15) is 27.7 Å². The van der Waals surface area contributed by atoms with Crippen LogP contribution in [0.15, 0.2) is 12.3 Å². The first kappa shape index (κ1) is 10.9. The van der Waals surface area contributed by atoms with Crippen LogP contribution in [0.25, 0.3) is 0 Å². The highest BCUT2D eigenvalue weighted by atomic mass is 32.2. The highest BCUT2D eigenvalue weighted by Crippen LogP contribution is 2.11. The van der Waals surface area contributed by atoms with Crippen molar-refractivity contribution in [2.24, 2.45) is 0 Å². The van der Waals surface area contributed by atoms with Crippen LogP contribution in [0.4, 0.5) is 0 Å². The number of hydrogen-bond acceptors (Lipinski definition) is 2. The molecule has 0 aliphatic carbocycles. The molecule has 11 heavy (non-hydrogen) atoms. The first-order chi connectivity index (χ1) is 5.02. The van der Waals surface area contributed by atoms with Crippen LogP contribution >= 0.6 is 11.8 Å². The lowest BCUT2D eigenvalue weighted by molar-refractivity contribution is 0.673. The Labute approximate surface area is 74.6 Å². The maximum atomic E-state index is 3.93. The predicted molar refractivity (Wildman–Crippen MR) is 55.0 cm³/mol. The topological polar surface area (TPSA) is 12.0 Å². The molecule has 0 amide bonds. The molecule has 0 bridgehead atoms. The van der Waals surface area contributed by atoms with Gasteiger partial charge in [0.25, 0.3) is 0 Å². The summed E-state index contributed by atoms with van der Waals surface area (Å²) in [5.41, 5.74) is 1.14. The fourth-order valence-corrected chi connectivity index (χ4v) is 1.34. The zero-order valence-electron chi connectivity index (χ0n) is 7.98. The van der Waals surface area contributed by atoms with E-state index >= 15 is 0 Å². The molecule has 66 valence electrons. The molecule has 0 atom stereocenters. The first-order valence-electron chi connectivity index (χ1n) is 4.08. The molecule has 1 nitrogen and oxygen atoms in total. The molecule has 0 saturated carbocycles. The summed E-state index contributed by atoms with van der Waals surface area (Å²) >= 11 is 1.92. The average molecular weight is 173 g/mol. The standard InChI is InChI=1S/C9H19NS/c1-7(2)10-9(5)6-11-8(3)4/h7-8,10H,5-6H2,1-4H3. The maximum Gasteiger partial charge on any atom is 0.0329 e. The minimum Gasteiger partial charge on any atom is -0.386 e. The van der Waals surface area contributed by atoms with Gasteiger partial charge in [0.2, 0.25) is 0 Å². The zero-order chi connectivity index (χ0) is 8.85. The Balaban J connectivity index is 3.38. The van der Waals surface area contributed by atoms with Gasteiger partial charge in [-0.2, -0.15) is 11.8 Å². The second kappa shape index (κ2) is 5.53. The molecular weight excluding hydrogens is 154 g/mol. The van der Waals surface area contributed by atoms with Gasteiger partial charge in [-0.1, -0.05) is 20.4 Å². The second-order valence-corrected chi connectivity index (χ2v) is 4.83. The fourth-order valence-electron chi connectivity index (χ4n) is 0.717. The quantitative estimate of drug-likeness (QED) is 0.686. The van der Waals surface area contributed by atoms with Crippen molar-refractivity contribution in [3.8, 4) is 0 Å². The summed E-state index contributed by atoms with van der Waals surface area (Å²) in [7, 11) is 0. The van der Waals surface area contributed by atoms with E-state index in [9.17, 15) is 0 Å². The first-order valence-corrected chi connectivity index (χ1v) is 5.13. The Bertz CT molecular complexity index is 119. The molecule has 0 aromatic heterocycles. The predicted octanol–water partition coefficient (Wildman–Crippen LogP) is 2.64. The van der Waals surface area contributed by atoms with Gasteiger partial charge in [-0.15, -0.1) is 0 Å². The number of thioether (sulfide) groups is 1. The highest BCUT2D eigenvalue weighted by molar-refractivity contribution is 8.00. The number of rotatable bonds is 5. The molecule has 0 aromatic rings. The van der Waals surface area contributed by atoms with E-state index in [1.807, 2.05) is 11.8 Å². The van der Waals surface area contributed by atoms with Crippen LogP contribution < -0.4 is 5.32 Å². The molecule has 1 N–H and O–H groups in total. The molecule has 0 aromatic carbocycles. The van der Waals surface area contributed by atoms with E-state index in [2.05, 4.69) is 39.6 Å². The summed E-state index contributed by atoms with van der Waals surface area (Å²) in [4.78, 5) is 0. The lowest BCUT2D eigenvalue weighted by Gasteiger charge is -2.13. The van der Waals surface area contributed by atoms with Crippen LogP contribution in [0, 0.1) is 0 Å². The van der Waals surface area contributed by atoms with E-state index in [1.165, 1.54) is 0 Å². The molecule has 0 aliphatic rings. The Morgan fingerprint density at radius 2 is 1.91 bits per heavy atom. The van der Waals surface area contributed by atoms with E-state index in [1.54, 1.807) is 0 Å². The van der Waals surface area contributed by atoms with E-state index < -0.39 is 0 Å². The molecule has 0 spiro atoms. The van der Waals surface area contributed by atoms with Crippen molar-refractivity contribution in [2.45, 2.75) is 39.0 Å². The van der Waals surface area contributed by atoms with Crippen molar-refractivity contribution in [1.82, 2.24) is 5.32 Å². The molecule has 0 heterocycles. The van der Waals surface area contributed by atoms with Crippen molar-refractivity contribution in [1.29, 1.82) is 0 Å². The third-order valence-electron chi connectivity index (χ3n) is 1.08. The molecule has 0 fully saturated rings. The van der Waals surface area contributed by atoms with Gasteiger partial charge in [-0.3, -0.25) is 0 Å². The van der Waals surface area contributed by atoms with Gasteiger partial charge in [-0.05, 0) is 19.1 Å². The number of hydrogen-bond donors (Lipinski definition) is 1. The van der Waals surface area contributed by atoms with Crippen molar-refractivity contribution >= 4 is 11.8 Å². The largest absolute Gasteiger partial charge is 0.386 e. The third-order valence-corrected chi connectivity index (χ3v) is 2.27. The van der Waals surface area contributed by atoms with Gasteiger partial charge < -0.3 is 5.32 Å². The zero-order valence-corrected chi connectivity index (χ0v) is 8.79. The summed E-state index contributed by atoms with van der Waals surface area (Å²) in [5, 5.41) is 3.98. The van der Waals surface area contributed by atoms with Crippen LogP contribution in [0.5, 0.6) is 0 Å². The highest BCUT2D eigenvalue weighted by Gasteiger charge is 1.98. The smallest absolute Gasteiger partial charge is 0.0329 e. The molecule has 0 unspecified atom stereocenters. The summed E-state index contributed by atoms with van der Waals surface area (Å²) in [6.07, 6.45) is 0. The normalized spacial score (nSPS) is 10.7. The molecule has 2 heteroatoms. The average Bonchev–Trinajstić information content (AvgIpc) is 1.82. The summed E-state index contributed by atoms with van der Waals surface area (Å²) in [5.74, 6) is 1.02. The van der Waals surface area contributed by atoms with Gasteiger partial charge in [0.05, 0.1) is 0 Å². The maximum absolute atomic E-state index is 3.93. The summed E-state index contributed by atoms with van der Waals surface area (Å²) in [6.45, 7) is 12.6. The molecular formula is C9H19NS. The summed E-state index contributed by atoms with van der Waals surface area (Å²) in [6, 6.07) is 0.510. The fraction of sp³-hybridized carbons (Fsp3) is 0.778. The van der Waals surface area contributed by atoms with E-state index in [0.717, 1.165) is 11.4 Å². The SMILES string of the molecule is C=C(CSC(C)C)NC(C)C. The molecule has 0 saturated heterocycles. The van der Waals surface area contributed by atoms with Crippen molar-refractivity contribution in [3.63, 3.8) is 0 Å². The summed E-state index contributed by atoms with van der Waals surface area (Å²) < 4.78 is 0. The van der Waals surface area contributed by atoms with Gasteiger partial charge >= 0.3 is 0 Å². The Hall–Kier alpha value is -0.110. The second-order valence-electron chi connectivity index (χ2n) is 3.26. The van der Waals surface area contributed by atoms with Crippen LogP contribution in [-0.4, -0.2) is 17.0 Å². The van der Waals surface area contributed by atoms with Gasteiger partial charge in [-0.25, -0.2) is 0 Å². The van der Waals surface area contributed by atoms with Gasteiger partial charge in [0.1, 0.15) is 0 Å². The minimum absolute atomic E-state index is 0.510. The van der Waals surface area contributed by atoms with E-state index in [-0.39, 0.29) is 0 Å². The van der Waals surface area contributed by atoms with Crippen molar-refractivity contribution in [2.75, 3.05) is 5.75 Å². The molecule has 0 rings (SSSR count). The lowest BCUT2D eigenvalue weighted by atomic mass is 10.4. The molecule has 0 aliphatic heterocycles. The van der Waals surface area contributed by atoms with Crippen LogP contribution in [0.2, 0.25) is 0 Å². The van der Waals surface area contributed by atoms with Gasteiger partial charge in [0.15, 0.2) is 0 Å². The monoisotopic (exact) mass is 173 g/mol. The lowest BCUT2D eigenvalue weighted by Crippen LogP contribution is -2.22. The van der Waals surface area contributed by atoms with Crippen LogP contribution in [0.3, 0.4) is 0 Å². The van der Waals surface area contributed by atoms with Crippen molar-refractivity contribution < 1.29 is 0 Å². The number of nitrogens with one attached hydrogen (secondary N) is 1. The minimum atomic E-state index is 0.510. The molecule has 0 radical (unpaired) electrons. The van der Waals surface area contributed by atoms with Crippen molar-refractivity contribution in [3.05, 3.63) is 12.3 Å². The van der Waals surface area contributed by atoms with Crippen LogP contribution in [-0.2, 0) is 0 Å². The third kappa shape index (κ3) is 7.79.